The smallest absolute Gasteiger partial charge is 0.254 e. The zero-order chi connectivity index (χ0) is 20.8. The fourth-order valence-corrected chi connectivity index (χ4v) is 3.87. The molecule has 0 aliphatic carbocycles. The van der Waals surface area contributed by atoms with Crippen molar-refractivity contribution in [2.45, 2.75) is 39.2 Å². The van der Waals surface area contributed by atoms with E-state index in [1.807, 2.05) is 60.4 Å². The van der Waals surface area contributed by atoms with Crippen molar-refractivity contribution in [1.29, 1.82) is 0 Å². The minimum atomic E-state index is -0.0526. The molecule has 0 unspecified atom stereocenters. The molecule has 1 saturated heterocycles. The number of hydrogen-bond acceptors (Lipinski definition) is 3. The molecule has 1 heterocycles. The number of rotatable bonds is 6. The van der Waals surface area contributed by atoms with E-state index >= 15 is 0 Å². The standard InChI is InChI=1S/C24H30N2O3/c1-4-22(18-9-11-20(29-3)12-10-18)25-23(27)19-13-15-26(16-14-19)24(28)21-8-6-5-7-17(21)2/h5-12,19,22H,4,13-16H2,1-3H3,(H,25,27)/t22-/m0/s1. The van der Waals surface area contributed by atoms with Gasteiger partial charge in [0.1, 0.15) is 5.75 Å². The Bertz CT molecular complexity index is 839. The zero-order valence-electron chi connectivity index (χ0n) is 17.5. The maximum atomic E-state index is 12.8. The minimum absolute atomic E-state index is 0.0139. The third kappa shape index (κ3) is 4.97. The van der Waals surface area contributed by atoms with Crippen molar-refractivity contribution in [3.8, 4) is 5.75 Å². The van der Waals surface area contributed by atoms with E-state index in [2.05, 4.69) is 12.2 Å². The third-order valence-electron chi connectivity index (χ3n) is 5.77. The lowest BCUT2D eigenvalue weighted by Crippen LogP contribution is -2.43. The van der Waals surface area contributed by atoms with Crippen molar-refractivity contribution in [2.24, 2.45) is 5.92 Å². The van der Waals surface area contributed by atoms with Crippen molar-refractivity contribution in [1.82, 2.24) is 10.2 Å². The fourth-order valence-electron chi connectivity index (χ4n) is 3.87. The molecule has 0 radical (unpaired) electrons. The molecule has 0 aromatic heterocycles. The van der Waals surface area contributed by atoms with Gasteiger partial charge in [-0.15, -0.1) is 0 Å². The number of carbonyl (C=O) groups excluding carboxylic acids is 2. The molecule has 29 heavy (non-hydrogen) atoms. The van der Waals surface area contributed by atoms with Crippen molar-refractivity contribution in [2.75, 3.05) is 20.2 Å². The van der Waals surface area contributed by atoms with Crippen LogP contribution in [-0.4, -0.2) is 36.9 Å². The molecule has 1 atom stereocenters. The minimum Gasteiger partial charge on any atom is -0.497 e. The van der Waals surface area contributed by atoms with Gasteiger partial charge < -0.3 is 15.0 Å². The highest BCUT2D eigenvalue weighted by Crippen LogP contribution is 2.24. The average molecular weight is 395 g/mol. The molecule has 1 aliphatic heterocycles. The van der Waals surface area contributed by atoms with Crippen LogP contribution >= 0.6 is 0 Å². The summed E-state index contributed by atoms with van der Waals surface area (Å²) in [5.74, 6) is 0.895. The number of methoxy groups -OCH3 is 1. The summed E-state index contributed by atoms with van der Waals surface area (Å²) in [6, 6.07) is 15.5. The number of benzene rings is 2. The van der Waals surface area contributed by atoms with E-state index in [1.165, 1.54) is 0 Å². The molecule has 2 aromatic rings. The Morgan fingerprint density at radius 1 is 1.10 bits per heavy atom. The first-order valence-corrected chi connectivity index (χ1v) is 10.3. The van der Waals surface area contributed by atoms with E-state index in [-0.39, 0.29) is 23.8 Å². The highest BCUT2D eigenvalue weighted by Gasteiger charge is 2.29. The van der Waals surface area contributed by atoms with Crippen molar-refractivity contribution in [3.05, 3.63) is 65.2 Å². The van der Waals surface area contributed by atoms with Gasteiger partial charge in [-0.2, -0.15) is 0 Å². The molecular weight excluding hydrogens is 364 g/mol. The Morgan fingerprint density at radius 3 is 2.34 bits per heavy atom. The molecule has 3 rings (SSSR count). The summed E-state index contributed by atoms with van der Waals surface area (Å²) in [5.41, 5.74) is 2.82. The van der Waals surface area contributed by atoms with Crippen LogP contribution in [0.15, 0.2) is 48.5 Å². The molecule has 2 aromatic carbocycles. The van der Waals surface area contributed by atoms with Gasteiger partial charge in [0.15, 0.2) is 0 Å². The van der Waals surface area contributed by atoms with Gasteiger partial charge >= 0.3 is 0 Å². The van der Waals surface area contributed by atoms with E-state index in [0.717, 1.165) is 28.9 Å². The summed E-state index contributed by atoms with van der Waals surface area (Å²) in [6.07, 6.45) is 2.22. The predicted molar refractivity (Wildman–Crippen MR) is 114 cm³/mol. The molecule has 1 aliphatic rings. The van der Waals surface area contributed by atoms with Crippen LogP contribution in [0, 0.1) is 12.8 Å². The monoisotopic (exact) mass is 394 g/mol. The van der Waals surface area contributed by atoms with E-state index in [4.69, 9.17) is 4.74 Å². The average Bonchev–Trinajstić information content (AvgIpc) is 2.77. The van der Waals surface area contributed by atoms with E-state index in [9.17, 15) is 9.59 Å². The van der Waals surface area contributed by atoms with Gasteiger partial charge in [0, 0.05) is 24.6 Å². The van der Waals surface area contributed by atoms with Crippen LogP contribution in [0.2, 0.25) is 0 Å². The molecule has 0 bridgehead atoms. The molecule has 1 N–H and O–H groups in total. The van der Waals surface area contributed by atoms with Gasteiger partial charge in [0.2, 0.25) is 5.91 Å². The van der Waals surface area contributed by atoms with Crippen LogP contribution in [0.25, 0.3) is 0 Å². The molecular formula is C24H30N2O3. The predicted octanol–water partition coefficient (Wildman–Crippen LogP) is 4.12. The first-order valence-electron chi connectivity index (χ1n) is 10.3. The maximum absolute atomic E-state index is 12.8. The normalized spacial score (nSPS) is 15.6. The first kappa shape index (κ1) is 20.9. The lowest BCUT2D eigenvalue weighted by atomic mass is 9.94. The third-order valence-corrected chi connectivity index (χ3v) is 5.77. The van der Waals surface area contributed by atoms with Gasteiger partial charge in [-0.25, -0.2) is 0 Å². The van der Waals surface area contributed by atoms with Crippen molar-refractivity contribution < 1.29 is 14.3 Å². The number of ether oxygens (including phenoxy) is 1. The van der Waals surface area contributed by atoms with E-state index < -0.39 is 0 Å². The fraction of sp³-hybridized carbons (Fsp3) is 0.417. The molecule has 5 heteroatoms. The van der Waals surface area contributed by atoms with Gasteiger partial charge in [-0.05, 0) is 55.5 Å². The van der Waals surface area contributed by atoms with E-state index in [0.29, 0.717) is 25.9 Å². The number of carbonyl (C=O) groups is 2. The molecule has 1 fully saturated rings. The quantitative estimate of drug-likeness (QED) is 0.802. The Balaban J connectivity index is 1.56. The number of amides is 2. The van der Waals surface area contributed by atoms with Gasteiger partial charge in [-0.1, -0.05) is 37.3 Å². The molecule has 0 saturated carbocycles. The molecule has 2 amide bonds. The van der Waals surface area contributed by atoms with Crippen LogP contribution in [0.5, 0.6) is 5.75 Å². The summed E-state index contributed by atoms with van der Waals surface area (Å²) >= 11 is 0. The molecule has 5 nitrogen and oxygen atoms in total. The van der Waals surface area contributed by atoms with E-state index in [1.54, 1.807) is 7.11 Å². The van der Waals surface area contributed by atoms with Crippen molar-refractivity contribution in [3.63, 3.8) is 0 Å². The zero-order valence-corrected chi connectivity index (χ0v) is 17.5. The maximum Gasteiger partial charge on any atom is 0.254 e. The summed E-state index contributed by atoms with van der Waals surface area (Å²) in [4.78, 5) is 27.5. The topological polar surface area (TPSA) is 58.6 Å². The van der Waals surface area contributed by atoms with Crippen LogP contribution in [0.4, 0.5) is 0 Å². The lowest BCUT2D eigenvalue weighted by Gasteiger charge is -2.32. The SMILES string of the molecule is CC[C@H](NC(=O)C1CCN(C(=O)c2ccccc2C)CC1)c1ccc(OC)cc1. The Hall–Kier alpha value is -2.82. The van der Waals surface area contributed by atoms with Gasteiger partial charge in [0.05, 0.1) is 13.2 Å². The highest BCUT2D eigenvalue weighted by atomic mass is 16.5. The highest BCUT2D eigenvalue weighted by molar-refractivity contribution is 5.95. The second-order valence-electron chi connectivity index (χ2n) is 7.62. The second-order valence-corrected chi connectivity index (χ2v) is 7.62. The molecule has 0 spiro atoms. The largest absolute Gasteiger partial charge is 0.497 e. The van der Waals surface area contributed by atoms with Crippen LogP contribution in [0.1, 0.15) is 53.7 Å². The number of piperidine rings is 1. The van der Waals surface area contributed by atoms with Crippen LogP contribution in [-0.2, 0) is 4.79 Å². The lowest BCUT2D eigenvalue weighted by molar-refractivity contribution is -0.127. The van der Waals surface area contributed by atoms with Crippen LogP contribution < -0.4 is 10.1 Å². The number of likely N-dealkylation sites (tertiary alicyclic amines) is 1. The summed E-state index contributed by atoms with van der Waals surface area (Å²) in [7, 11) is 1.64. The Labute approximate surface area is 173 Å². The number of nitrogens with one attached hydrogen (secondary N) is 1. The number of nitrogens with zero attached hydrogens (tertiary/aromatic N) is 1. The molecule has 154 valence electrons. The van der Waals surface area contributed by atoms with Crippen molar-refractivity contribution >= 4 is 11.8 Å². The number of hydrogen-bond donors (Lipinski definition) is 1. The Kier molecular flexibility index (Phi) is 6.91. The van der Waals surface area contributed by atoms with Gasteiger partial charge in [-0.3, -0.25) is 9.59 Å². The summed E-state index contributed by atoms with van der Waals surface area (Å²) < 4.78 is 5.21. The second kappa shape index (κ2) is 9.59. The number of aryl methyl sites for hydroxylation is 1. The summed E-state index contributed by atoms with van der Waals surface area (Å²) in [5, 5.41) is 3.19. The summed E-state index contributed by atoms with van der Waals surface area (Å²) in [6.45, 7) is 5.26. The first-order chi connectivity index (χ1) is 14.0. The van der Waals surface area contributed by atoms with Gasteiger partial charge in [0.25, 0.3) is 5.91 Å². The van der Waals surface area contributed by atoms with Crippen LogP contribution in [0.3, 0.4) is 0 Å². The Morgan fingerprint density at radius 2 is 1.76 bits per heavy atom.